The van der Waals surface area contributed by atoms with Gasteiger partial charge in [-0.1, -0.05) is 0 Å². The van der Waals surface area contributed by atoms with Crippen LogP contribution in [0.5, 0.6) is 0 Å². The lowest BCUT2D eigenvalue weighted by molar-refractivity contribution is -0.148. The number of pyridine rings is 1. The van der Waals surface area contributed by atoms with Gasteiger partial charge >= 0.3 is 5.97 Å². The van der Waals surface area contributed by atoms with E-state index in [0.717, 1.165) is 18.5 Å². The van der Waals surface area contributed by atoms with Gasteiger partial charge in [-0.05, 0) is 44.0 Å². The van der Waals surface area contributed by atoms with E-state index in [9.17, 15) is 9.90 Å². The Hall–Kier alpha value is -1.93. The molecule has 18 heavy (non-hydrogen) atoms. The fourth-order valence-corrected chi connectivity index (χ4v) is 2.37. The highest BCUT2D eigenvalue weighted by molar-refractivity contribution is 5.78. The molecule has 5 nitrogen and oxygen atoms in total. The van der Waals surface area contributed by atoms with E-state index in [4.69, 9.17) is 5.26 Å². The Labute approximate surface area is 106 Å². The van der Waals surface area contributed by atoms with Crippen molar-refractivity contribution in [3.05, 3.63) is 29.6 Å². The van der Waals surface area contributed by atoms with Crippen molar-refractivity contribution in [2.24, 2.45) is 0 Å². The first kappa shape index (κ1) is 12.5. The molecule has 0 bridgehead atoms. The number of nitrogens with zero attached hydrogens (tertiary/aromatic N) is 3. The standard InChI is InChI=1S/C13H15N3O2/c1-13(12(17)18)4-2-6-16(13)9-10-3-5-15-11(7-10)8-14/h3,5,7H,2,4,6,9H2,1H3,(H,17,18). The normalized spacial score (nSPS) is 23.8. The average molecular weight is 245 g/mol. The van der Waals surface area contributed by atoms with Gasteiger partial charge < -0.3 is 5.11 Å². The van der Waals surface area contributed by atoms with Crippen LogP contribution in [0.25, 0.3) is 0 Å². The van der Waals surface area contributed by atoms with Crippen LogP contribution >= 0.6 is 0 Å². The third-order valence-corrected chi connectivity index (χ3v) is 3.56. The zero-order valence-corrected chi connectivity index (χ0v) is 10.3. The molecule has 2 heterocycles. The van der Waals surface area contributed by atoms with Gasteiger partial charge in [0.2, 0.25) is 0 Å². The van der Waals surface area contributed by atoms with E-state index in [1.54, 1.807) is 19.2 Å². The lowest BCUT2D eigenvalue weighted by atomic mass is 9.99. The lowest BCUT2D eigenvalue weighted by Crippen LogP contribution is -2.47. The molecule has 0 spiro atoms. The van der Waals surface area contributed by atoms with E-state index in [2.05, 4.69) is 4.98 Å². The van der Waals surface area contributed by atoms with Crippen molar-refractivity contribution in [3.8, 4) is 6.07 Å². The number of rotatable bonds is 3. The van der Waals surface area contributed by atoms with Crippen molar-refractivity contribution in [3.63, 3.8) is 0 Å². The molecule has 1 aliphatic rings. The first-order valence-corrected chi connectivity index (χ1v) is 5.90. The highest BCUT2D eigenvalue weighted by Gasteiger charge is 2.43. The van der Waals surface area contributed by atoms with E-state index < -0.39 is 11.5 Å². The maximum atomic E-state index is 11.3. The highest BCUT2D eigenvalue weighted by atomic mass is 16.4. The molecule has 1 saturated heterocycles. The number of carboxylic acid groups (broad SMARTS) is 1. The average Bonchev–Trinajstić information content (AvgIpc) is 2.73. The van der Waals surface area contributed by atoms with Crippen molar-refractivity contribution in [2.75, 3.05) is 6.54 Å². The van der Waals surface area contributed by atoms with Gasteiger partial charge in [0.05, 0.1) is 0 Å². The molecular formula is C13H15N3O2. The van der Waals surface area contributed by atoms with Crippen LogP contribution in [0, 0.1) is 11.3 Å². The van der Waals surface area contributed by atoms with Crippen molar-refractivity contribution >= 4 is 5.97 Å². The van der Waals surface area contributed by atoms with Crippen LogP contribution in [0.3, 0.4) is 0 Å². The largest absolute Gasteiger partial charge is 0.480 e. The van der Waals surface area contributed by atoms with E-state index in [1.807, 2.05) is 17.0 Å². The number of carbonyl (C=O) groups is 1. The van der Waals surface area contributed by atoms with Crippen LogP contribution in [-0.4, -0.2) is 33.0 Å². The summed E-state index contributed by atoms with van der Waals surface area (Å²) in [6.45, 7) is 3.07. The summed E-state index contributed by atoms with van der Waals surface area (Å²) >= 11 is 0. The van der Waals surface area contributed by atoms with Crippen LogP contribution in [0.15, 0.2) is 18.3 Å². The Morgan fingerprint density at radius 3 is 3.17 bits per heavy atom. The smallest absolute Gasteiger partial charge is 0.323 e. The predicted octanol–water partition coefficient (Wildman–Crippen LogP) is 1.39. The maximum absolute atomic E-state index is 11.3. The molecule has 0 radical (unpaired) electrons. The van der Waals surface area contributed by atoms with Crippen molar-refractivity contribution in [2.45, 2.75) is 31.8 Å². The number of nitriles is 1. The zero-order valence-electron chi connectivity index (χ0n) is 10.3. The van der Waals surface area contributed by atoms with Gasteiger partial charge in [-0.2, -0.15) is 5.26 Å². The van der Waals surface area contributed by atoms with E-state index in [1.165, 1.54) is 0 Å². The number of likely N-dealkylation sites (tertiary alicyclic amines) is 1. The Morgan fingerprint density at radius 2 is 2.50 bits per heavy atom. The van der Waals surface area contributed by atoms with Gasteiger partial charge in [0.1, 0.15) is 17.3 Å². The fraction of sp³-hybridized carbons (Fsp3) is 0.462. The second-order valence-electron chi connectivity index (χ2n) is 4.77. The molecule has 1 fully saturated rings. The molecule has 1 atom stereocenters. The van der Waals surface area contributed by atoms with Crippen LogP contribution in [0.2, 0.25) is 0 Å². The molecular weight excluding hydrogens is 230 g/mol. The number of aliphatic carboxylic acids is 1. The minimum atomic E-state index is -0.796. The molecule has 5 heteroatoms. The molecule has 0 aromatic carbocycles. The summed E-state index contributed by atoms with van der Waals surface area (Å²) in [6.07, 6.45) is 3.14. The number of hydrogen-bond acceptors (Lipinski definition) is 4. The highest BCUT2D eigenvalue weighted by Crippen LogP contribution is 2.30. The van der Waals surface area contributed by atoms with Crippen molar-refractivity contribution in [1.29, 1.82) is 5.26 Å². The first-order chi connectivity index (χ1) is 8.56. The third kappa shape index (κ3) is 2.20. The van der Waals surface area contributed by atoms with Crippen molar-refractivity contribution in [1.82, 2.24) is 9.88 Å². The molecule has 1 N–H and O–H groups in total. The van der Waals surface area contributed by atoms with E-state index in [-0.39, 0.29) is 0 Å². The lowest BCUT2D eigenvalue weighted by Gasteiger charge is -2.31. The van der Waals surface area contributed by atoms with Crippen LogP contribution in [0.1, 0.15) is 31.0 Å². The van der Waals surface area contributed by atoms with Crippen LogP contribution in [-0.2, 0) is 11.3 Å². The van der Waals surface area contributed by atoms with Gasteiger partial charge in [0.25, 0.3) is 0 Å². The van der Waals surface area contributed by atoms with Crippen molar-refractivity contribution < 1.29 is 9.90 Å². The van der Waals surface area contributed by atoms with Gasteiger partial charge in [0, 0.05) is 12.7 Å². The Kier molecular flexibility index (Phi) is 3.30. The summed E-state index contributed by atoms with van der Waals surface area (Å²) < 4.78 is 0. The molecule has 2 rings (SSSR count). The SMILES string of the molecule is CC1(C(=O)O)CCCN1Cc1ccnc(C#N)c1. The molecule has 1 unspecified atom stereocenters. The Morgan fingerprint density at radius 1 is 1.72 bits per heavy atom. The fourth-order valence-electron chi connectivity index (χ4n) is 2.37. The Bertz CT molecular complexity index is 509. The third-order valence-electron chi connectivity index (χ3n) is 3.56. The number of carboxylic acids is 1. The molecule has 1 aliphatic heterocycles. The number of hydrogen-bond donors (Lipinski definition) is 1. The quantitative estimate of drug-likeness (QED) is 0.870. The predicted molar refractivity (Wildman–Crippen MR) is 64.6 cm³/mol. The van der Waals surface area contributed by atoms with Gasteiger partial charge in [0.15, 0.2) is 0 Å². The Balaban J connectivity index is 2.18. The molecule has 1 aromatic heterocycles. The second kappa shape index (κ2) is 4.75. The minimum Gasteiger partial charge on any atom is -0.480 e. The minimum absolute atomic E-state index is 0.365. The number of aromatic nitrogens is 1. The van der Waals surface area contributed by atoms with Gasteiger partial charge in [-0.3, -0.25) is 9.69 Å². The molecule has 0 saturated carbocycles. The molecule has 0 aliphatic carbocycles. The summed E-state index contributed by atoms with van der Waals surface area (Å²) in [7, 11) is 0. The summed E-state index contributed by atoms with van der Waals surface area (Å²) in [6, 6.07) is 5.52. The topological polar surface area (TPSA) is 77.2 Å². The monoisotopic (exact) mass is 245 g/mol. The van der Waals surface area contributed by atoms with Gasteiger partial charge in [-0.25, -0.2) is 4.98 Å². The summed E-state index contributed by atoms with van der Waals surface area (Å²) in [4.78, 5) is 17.2. The van der Waals surface area contributed by atoms with Crippen LogP contribution in [0.4, 0.5) is 0 Å². The van der Waals surface area contributed by atoms with Crippen LogP contribution < -0.4 is 0 Å². The maximum Gasteiger partial charge on any atom is 0.323 e. The first-order valence-electron chi connectivity index (χ1n) is 5.90. The van der Waals surface area contributed by atoms with E-state index in [0.29, 0.717) is 18.7 Å². The summed E-state index contributed by atoms with van der Waals surface area (Å²) in [5.41, 5.74) is 0.496. The zero-order chi connectivity index (χ0) is 13.2. The summed E-state index contributed by atoms with van der Waals surface area (Å²) in [5, 5.41) is 18.1. The molecule has 0 amide bonds. The second-order valence-corrected chi connectivity index (χ2v) is 4.77. The van der Waals surface area contributed by atoms with E-state index >= 15 is 0 Å². The molecule has 94 valence electrons. The molecule has 1 aromatic rings. The summed E-state index contributed by atoms with van der Waals surface area (Å²) in [5.74, 6) is -0.783. The van der Waals surface area contributed by atoms with Gasteiger partial charge in [-0.15, -0.1) is 0 Å².